The van der Waals surface area contributed by atoms with Crippen LogP contribution in [-0.4, -0.2) is 28.7 Å². The van der Waals surface area contributed by atoms with Gasteiger partial charge >= 0.3 is 0 Å². The number of anilines is 1. The third-order valence-corrected chi connectivity index (χ3v) is 6.31. The van der Waals surface area contributed by atoms with Crippen LogP contribution in [0.25, 0.3) is 10.8 Å². The van der Waals surface area contributed by atoms with E-state index in [1.54, 1.807) is 24.3 Å². The number of hydrogen-bond acceptors (Lipinski definition) is 3. The van der Waals surface area contributed by atoms with Crippen molar-refractivity contribution in [3.8, 4) is 0 Å². The summed E-state index contributed by atoms with van der Waals surface area (Å²) in [6.45, 7) is 0. The van der Waals surface area contributed by atoms with Crippen molar-refractivity contribution in [3.05, 3.63) is 77.9 Å². The molecule has 5 heteroatoms. The van der Waals surface area contributed by atoms with Crippen molar-refractivity contribution in [2.45, 2.75) is 31.7 Å². The van der Waals surface area contributed by atoms with Gasteiger partial charge in [0.15, 0.2) is 0 Å². The summed E-state index contributed by atoms with van der Waals surface area (Å²) in [5, 5.41) is 5.19. The van der Waals surface area contributed by atoms with Crippen molar-refractivity contribution in [2.75, 3.05) is 5.32 Å². The predicted molar refractivity (Wildman–Crippen MR) is 115 cm³/mol. The van der Waals surface area contributed by atoms with Gasteiger partial charge < -0.3 is 5.32 Å². The molecule has 0 atom stereocenters. The van der Waals surface area contributed by atoms with E-state index in [1.807, 2.05) is 42.5 Å². The highest BCUT2D eigenvalue weighted by Crippen LogP contribution is 2.34. The lowest BCUT2D eigenvalue weighted by molar-refractivity contribution is -0.121. The summed E-state index contributed by atoms with van der Waals surface area (Å²) in [5.74, 6) is -0.527. The van der Waals surface area contributed by atoms with E-state index in [1.165, 1.54) is 4.90 Å². The van der Waals surface area contributed by atoms with Crippen LogP contribution < -0.4 is 5.32 Å². The molecular formula is C25H22N2O3. The molecule has 1 saturated carbocycles. The Hall–Kier alpha value is -3.47. The number of imide groups is 1. The highest BCUT2D eigenvalue weighted by Gasteiger charge is 2.41. The third kappa shape index (κ3) is 3.07. The summed E-state index contributed by atoms with van der Waals surface area (Å²) < 4.78 is 0. The largest absolute Gasteiger partial charge is 0.325 e. The van der Waals surface area contributed by atoms with Crippen LogP contribution in [-0.2, 0) is 4.79 Å². The van der Waals surface area contributed by atoms with Crippen LogP contribution >= 0.6 is 0 Å². The molecule has 3 aromatic carbocycles. The second-order valence-electron chi connectivity index (χ2n) is 8.05. The summed E-state index contributed by atoms with van der Waals surface area (Å²) in [7, 11) is 0. The molecule has 2 aliphatic rings. The number of amides is 3. The fourth-order valence-electron chi connectivity index (χ4n) is 4.70. The van der Waals surface area contributed by atoms with Crippen LogP contribution in [0.15, 0.2) is 66.7 Å². The molecule has 0 aromatic heterocycles. The quantitative estimate of drug-likeness (QED) is 0.654. The number of benzene rings is 3. The summed E-state index contributed by atoms with van der Waals surface area (Å²) in [5.41, 5.74) is 1.79. The van der Waals surface area contributed by atoms with Gasteiger partial charge in [-0.05, 0) is 49.3 Å². The minimum atomic E-state index is -0.209. The van der Waals surface area contributed by atoms with Gasteiger partial charge in [0.05, 0.1) is 11.1 Å². The Morgan fingerprint density at radius 3 is 2.07 bits per heavy atom. The number of fused-ring (bicyclic) bond motifs is 2. The third-order valence-electron chi connectivity index (χ3n) is 6.31. The molecule has 1 fully saturated rings. The van der Waals surface area contributed by atoms with Gasteiger partial charge in [0.25, 0.3) is 11.8 Å². The average molecular weight is 398 g/mol. The van der Waals surface area contributed by atoms with Gasteiger partial charge in [-0.1, -0.05) is 48.5 Å². The van der Waals surface area contributed by atoms with Crippen LogP contribution in [0.5, 0.6) is 0 Å². The topological polar surface area (TPSA) is 66.5 Å². The minimum absolute atomic E-state index is 0.00663. The molecule has 30 heavy (non-hydrogen) atoms. The van der Waals surface area contributed by atoms with Crippen molar-refractivity contribution in [1.29, 1.82) is 0 Å². The number of rotatable bonds is 3. The molecule has 5 nitrogen and oxygen atoms in total. The summed E-state index contributed by atoms with van der Waals surface area (Å²) in [6.07, 6.45) is 2.63. The van der Waals surface area contributed by atoms with Crippen LogP contribution in [0.1, 0.15) is 46.4 Å². The summed E-state index contributed by atoms with van der Waals surface area (Å²) in [6, 6.07) is 20.7. The normalized spacial score (nSPS) is 21.0. The first-order chi connectivity index (χ1) is 14.6. The lowest BCUT2D eigenvalue weighted by atomic mass is 9.84. The van der Waals surface area contributed by atoms with E-state index < -0.39 is 0 Å². The highest BCUT2D eigenvalue weighted by molar-refractivity contribution is 6.21. The second kappa shape index (κ2) is 7.41. The molecule has 1 aliphatic carbocycles. The summed E-state index contributed by atoms with van der Waals surface area (Å²) >= 11 is 0. The van der Waals surface area contributed by atoms with Gasteiger partial charge in [-0.3, -0.25) is 19.3 Å². The van der Waals surface area contributed by atoms with E-state index in [2.05, 4.69) is 5.32 Å². The van der Waals surface area contributed by atoms with E-state index in [-0.39, 0.29) is 29.7 Å². The smallest absolute Gasteiger partial charge is 0.261 e. The molecule has 3 aromatic rings. The maximum Gasteiger partial charge on any atom is 0.261 e. The molecule has 1 N–H and O–H groups in total. The number of nitrogens with one attached hydrogen (secondary N) is 1. The van der Waals surface area contributed by atoms with Crippen molar-refractivity contribution in [3.63, 3.8) is 0 Å². The Morgan fingerprint density at radius 1 is 0.767 bits per heavy atom. The van der Waals surface area contributed by atoms with Crippen molar-refractivity contribution in [2.24, 2.45) is 5.92 Å². The average Bonchev–Trinajstić information content (AvgIpc) is 3.04. The van der Waals surface area contributed by atoms with Crippen LogP contribution in [0.4, 0.5) is 5.69 Å². The maximum absolute atomic E-state index is 12.9. The Kier molecular flexibility index (Phi) is 4.58. The van der Waals surface area contributed by atoms with Crippen LogP contribution in [0.3, 0.4) is 0 Å². The monoisotopic (exact) mass is 398 g/mol. The maximum atomic E-state index is 12.9. The number of nitrogens with zero attached hydrogens (tertiary/aromatic N) is 1. The Balaban J connectivity index is 1.26. The van der Waals surface area contributed by atoms with E-state index >= 15 is 0 Å². The molecule has 5 rings (SSSR count). The first-order valence-electron chi connectivity index (χ1n) is 10.4. The van der Waals surface area contributed by atoms with Crippen molar-refractivity contribution >= 4 is 34.2 Å². The molecule has 0 saturated heterocycles. The molecule has 3 amide bonds. The minimum Gasteiger partial charge on any atom is -0.325 e. The molecular weight excluding hydrogens is 376 g/mol. The zero-order valence-electron chi connectivity index (χ0n) is 16.5. The fourth-order valence-corrected chi connectivity index (χ4v) is 4.70. The van der Waals surface area contributed by atoms with Gasteiger partial charge in [-0.25, -0.2) is 0 Å². The molecule has 150 valence electrons. The van der Waals surface area contributed by atoms with Gasteiger partial charge in [-0.15, -0.1) is 0 Å². The standard InChI is InChI=1S/C25H22N2O3/c28-23(26-22-11-5-7-16-6-1-2-8-19(16)22)17-12-14-18(15-13-17)27-24(29)20-9-3-4-10-21(20)25(27)30/h1-11,17-18H,12-15H2,(H,26,28). The zero-order chi connectivity index (χ0) is 20.7. The Labute approximate surface area is 174 Å². The van der Waals surface area contributed by atoms with Crippen molar-refractivity contribution < 1.29 is 14.4 Å². The molecule has 0 radical (unpaired) electrons. The van der Waals surface area contributed by atoms with Gasteiger partial charge in [0, 0.05) is 23.0 Å². The van der Waals surface area contributed by atoms with E-state index in [0.717, 1.165) is 16.5 Å². The first-order valence-corrected chi connectivity index (χ1v) is 10.4. The SMILES string of the molecule is O=C(Nc1cccc2ccccc12)C1CCC(N2C(=O)c3ccccc3C2=O)CC1. The van der Waals surface area contributed by atoms with Crippen LogP contribution in [0.2, 0.25) is 0 Å². The van der Waals surface area contributed by atoms with Gasteiger partial charge in [0.1, 0.15) is 0 Å². The van der Waals surface area contributed by atoms with Gasteiger partial charge in [0.2, 0.25) is 5.91 Å². The number of carbonyl (C=O) groups excluding carboxylic acids is 3. The number of carbonyl (C=O) groups is 3. The van der Waals surface area contributed by atoms with E-state index in [4.69, 9.17) is 0 Å². The van der Waals surface area contributed by atoms with Gasteiger partial charge in [-0.2, -0.15) is 0 Å². The second-order valence-corrected chi connectivity index (χ2v) is 8.05. The molecule has 1 aliphatic heterocycles. The predicted octanol–water partition coefficient (Wildman–Crippen LogP) is 4.63. The van der Waals surface area contributed by atoms with E-state index in [9.17, 15) is 14.4 Å². The highest BCUT2D eigenvalue weighted by atomic mass is 16.2. The lowest BCUT2D eigenvalue weighted by Gasteiger charge is -2.32. The molecule has 0 spiro atoms. The molecule has 1 heterocycles. The Bertz CT molecular complexity index is 1120. The molecule has 0 bridgehead atoms. The van der Waals surface area contributed by atoms with Crippen LogP contribution in [0, 0.1) is 5.92 Å². The summed E-state index contributed by atoms with van der Waals surface area (Å²) in [4.78, 5) is 39.7. The van der Waals surface area contributed by atoms with Crippen molar-refractivity contribution in [1.82, 2.24) is 4.90 Å². The zero-order valence-corrected chi connectivity index (χ0v) is 16.5. The Morgan fingerprint density at radius 2 is 1.37 bits per heavy atom. The lowest BCUT2D eigenvalue weighted by Crippen LogP contribution is -2.43. The number of hydrogen-bond donors (Lipinski definition) is 1. The van der Waals surface area contributed by atoms with E-state index in [0.29, 0.717) is 36.8 Å². The fraction of sp³-hybridized carbons (Fsp3) is 0.240. The first kappa shape index (κ1) is 18.6. The molecule has 0 unspecified atom stereocenters.